The highest BCUT2D eigenvalue weighted by Gasteiger charge is 2.17. The number of carbonyl (C=O) groups excluding carboxylic acids is 2. The number of nitrogens with zero attached hydrogens (tertiary/aromatic N) is 1. The zero-order chi connectivity index (χ0) is 20.0. The third-order valence-electron chi connectivity index (χ3n) is 3.81. The number of amides is 1. The summed E-state index contributed by atoms with van der Waals surface area (Å²) in [4.78, 5) is 26.1. The Morgan fingerprint density at radius 2 is 1.70 bits per heavy atom. The first-order chi connectivity index (χ1) is 12.8. The van der Waals surface area contributed by atoms with Crippen molar-refractivity contribution in [1.29, 1.82) is 5.41 Å². The molecule has 0 aliphatic carbocycles. The standard InChI is InChI=1S/C20H24N4O3/c1-4-18(25)24(13(2)3)16-9-11-17(12-10-16)27-19(26)14-5-7-15(8-6-14)23-20(21)22/h5-13H,4H2,1-3H3,(H4,21,22,23). The van der Waals surface area contributed by atoms with Gasteiger partial charge in [0.1, 0.15) is 5.75 Å². The van der Waals surface area contributed by atoms with Crippen molar-refractivity contribution in [3.05, 3.63) is 54.1 Å². The van der Waals surface area contributed by atoms with Crippen LogP contribution >= 0.6 is 0 Å². The number of esters is 1. The number of hydrogen-bond acceptors (Lipinski definition) is 4. The maximum Gasteiger partial charge on any atom is 0.343 e. The van der Waals surface area contributed by atoms with Crippen molar-refractivity contribution < 1.29 is 14.3 Å². The van der Waals surface area contributed by atoms with E-state index in [2.05, 4.69) is 5.32 Å². The number of rotatable bonds is 6. The molecule has 0 aliphatic rings. The van der Waals surface area contributed by atoms with Crippen LogP contribution in [0.5, 0.6) is 5.75 Å². The third kappa shape index (κ3) is 5.31. The third-order valence-corrected chi connectivity index (χ3v) is 3.81. The number of anilines is 2. The van der Waals surface area contributed by atoms with Crippen LogP contribution in [0.15, 0.2) is 48.5 Å². The lowest BCUT2D eigenvalue weighted by Crippen LogP contribution is -2.36. The molecule has 0 bridgehead atoms. The van der Waals surface area contributed by atoms with E-state index >= 15 is 0 Å². The van der Waals surface area contributed by atoms with E-state index in [0.717, 1.165) is 5.69 Å². The van der Waals surface area contributed by atoms with Gasteiger partial charge in [-0.15, -0.1) is 0 Å². The number of guanidine groups is 1. The average molecular weight is 368 g/mol. The van der Waals surface area contributed by atoms with Gasteiger partial charge >= 0.3 is 5.97 Å². The summed E-state index contributed by atoms with van der Waals surface area (Å²) in [5.74, 6) is -0.249. The fourth-order valence-electron chi connectivity index (χ4n) is 2.59. The van der Waals surface area contributed by atoms with Gasteiger partial charge in [0, 0.05) is 23.8 Å². The monoisotopic (exact) mass is 368 g/mol. The molecule has 0 aliphatic heterocycles. The molecule has 0 saturated heterocycles. The zero-order valence-electron chi connectivity index (χ0n) is 15.7. The molecule has 0 unspecified atom stereocenters. The summed E-state index contributed by atoms with van der Waals surface area (Å²) >= 11 is 0. The molecule has 0 atom stereocenters. The summed E-state index contributed by atoms with van der Waals surface area (Å²) in [6, 6.07) is 13.3. The molecule has 4 N–H and O–H groups in total. The first-order valence-electron chi connectivity index (χ1n) is 8.67. The van der Waals surface area contributed by atoms with Crippen molar-refractivity contribution in [3.8, 4) is 5.75 Å². The summed E-state index contributed by atoms with van der Waals surface area (Å²) in [7, 11) is 0. The van der Waals surface area contributed by atoms with E-state index in [1.807, 2.05) is 20.8 Å². The summed E-state index contributed by atoms with van der Waals surface area (Å²) in [6.45, 7) is 5.73. The van der Waals surface area contributed by atoms with Crippen LogP contribution in [0.25, 0.3) is 0 Å². The Morgan fingerprint density at radius 1 is 1.11 bits per heavy atom. The minimum absolute atomic E-state index is 0.0352. The van der Waals surface area contributed by atoms with Gasteiger partial charge in [-0.25, -0.2) is 4.79 Å². The van der Waals surface area contributed by atoms with E-state index in [-0.39, 0.29) is 17.9 Å². The Kier molecular flexibility index (Phi) is 6.54. The van der Waals surface area contributed by atoms with Crippen molar-refractivity contribution >= 4 is 29.2 Å². The van der Waals surface area contributed by atoms with Gasteiger partial charge in [-0.1, -0.05) is 6.92 Å². The van der Waals surface area contributed by atoms with E-state index < -0.39 is 5.97 Å². The summed E-state index contributed by atoms with van der Waals surface area (Å²) < 4.78 is 5.37. The van der Waals surface area contributed by atoms with Gasteiger partial charge in [0.05, 0.1) is 5.56 Å². The van der Waals surface area contributed by atoms with E-state index in [9.17, 15) is 9.59 Å². The fraction of sp³-hybridized carbons (Fsp3) is 0.250. The Morgan fingerprint density at radius 3 is 2.19 bits per heavy atom. The molecule has 7 heteroatoms. The lowest BCUT2D eigenvalue weighted by molar-refractivity contribution is -0.118. The molecule has 0 saturated carbocycles. The molecular formula is C20H24N4O3. The van der Waals surface area contributed by atoms with Crippen molar-refractivity contribution in [3.63, 3.8) is 0 Å². The molecular weight excluding hydrogens is 344 g/mol. The van der Waals surface area contributed by atoms with Crippen LogP contribution < -0.4 is 20.7 Å². The highest BCUT2D eigenvalue weighted by Crippen LogP contribution is 2.23. The number of ether oxygens (including phenoxy) is 1. The van der Waals surface area contributed by atoms with E-state index in [1.54, 1.807) is 53.4 Å². The Balaban J connectivity index is 2.08. The number of nitrogens with two attached hydrogens (primary N) is 1. The Hall–Kier alpha value is -3.35. The second-order valence-electron chi connectivity index (χ2n) is 6.21. The van der Waals surface area contributed by atoms with Crippen molar-refractivity contribution in [2.75, 3.05) is 10.2 Å². The van der Waals surface area contributed by atoms with Crippen LogP contribution in [0, 0.1) is 5.41 Å². The van der Waals surface area contributed by atoms with Gasteiger partial charge in [-0.3, -0.25) is 10.2 Å². The average Bonchev–Trinajstić information content (AvgIpc) is 2.63. The maximum absolute atomic E-state index is 12.3. The molecule has 0 fully saturated rings. The minimum atomic E-state index is -0.498. The van der Waals surface area contributed by atoms with Crippen LogP contribution in [-0.2, 0) is 4.79 Å². The molecule has 142 valence electrons. The van der Waals surface area contributed by atoms with Gasteiger partial charge in [-0.05, 0) is 62.4 Å². The molecule has 1 amide bonds. The Labute approximate surface area is 158 Å². The number of nitrogens with one attached hydrogen (secondary N) is 2. The topological polar surface area (TPSA) is 109 Å². The highest BCUT2D eigenvalue weighted by atomic mass is 16.5. The molecule has 0 spiro atoms. The first-order valence-corrected chi connectivity index (χ1v) is 8.67. The first kappa shape index (κ1) is 20.0. The fourth-order valence-corrected chi connectivity index (χ4v) is 2.59. The quantitative estimate of drug-likeness (QED) is 0.313. The largest absolute Gasteiger partial charge is 0.423 e. The van der Waals surface area contributed by atoms with Crippen molar-refractivity contribution in [1.82, 2.24) is 0 Å². The number of hydrogen-bond donors (Lipinski definition) is 3. The zero-order valence-corrected chi connectivity index (χ0v) is 15.7. The molecule has 7 nitrogen and oxygen atoms in total. The lowest BCUT2D eigenvalue weighted by atomic mass is 10.2. The van der Waals surface area contributed by atoms with Crippen molar-refractivity contribution in [2.24, 2.45) is 5.73 Å². The van der Waals surface area contributed by atoms with Gasteiger partial charge < -0.3 is 20.7 Å². The van der Waals surface area contributed by atoms with E-state index in [1.165, 1.54) is 0 Å². The molecule has 27 heavy (non-hydrogen) atoms. The summed E-state index contributed by atoms with van der Waals surface area (Å²) in [6.07, 6.45) is 0.420. The van der Waals surface area contributed by atoms with Crippen LogP contribution in [0.4, 0.5) is 11.4 Å². The SMILES string of the molecule is CCC(=O)N(c1ccc(OC(=O)c2ccc(NC(=N)N)cc2)cc1)C(C)C. The van der Waals surface area contributed by atoms with Crippen LogP contribution in [0.3, 0.4) is 0 Å². The lowest BCUT2D eigenvalue weighted by Gasteiger charge is -2.26. The van der Waals surface area contributed by atoms with Gasteiger partial charge in [-0.2, -0.15) is 0 Å². The van der Waals surface area contributed by atoms with Crippen LogP contribution in [-0.4, -0.2) is 23.9 Å². The van der Waals surface area contributed by atoms with E-state index in [4.69, 9.17) is 15.9 Å². The van der Waals surface area contributed by atoms with Gasteiger partial charge in [0.25, 0.3) is 0 Å². The normalized spacial score (nSPS) is 10.4. The second-order valence-corrected chi connectivity index (χ2v) is 6.21. The Bertz CT molecular complexity index is 814. The second kappa shape index (κ2) is 8.84. The van der Waals surface area contributed by atoms with Crippen LogP contribution in [0.1, 0.15) is 37.6 Å². The van der Waals surface area contributed by atoms with Crippen molar-refractivity contribution in [2.45, 2.75) is 33.2 Å². The molecule has 2 aromatic carbocycles. The van der Waals surface area contributed by atoms with E-state index in [0.29, 0.717) is 23.4 Å². The molecule has 2 aromatic rings. The molecule has 0 radical (unpaired) electrons. The molecule has 0 aromatic heterocycles. The molecule has 0 heterocycles. The predicted octanol–water partition coefficient (Wildman–Crippen LogP) is 3.36. The summed E-state index contributed by atoms with van der Waals surface area (Å²) in [5.41, 5.74) is 7.00. The summed E-state index contributed by atoms with van der Waals surface area (Å²) in [5, 5.41) is 9.82. The molecule has 2 rings (SSSR count). The van der Waals surface area contributed by atoms with Gasteiger partial charge in [0.2, 0.25) is 5.91 Å². The number of carbonyl (C=O) groups is 2. The minimum Gasteiger partial charge on any atom is -0.423 e. The predicted molar refractivity (Wildman–Crippen MR) is 106 cm³/mol. The smallest absolute Gasteiger partial charge is 0.343 e. The van der Waals surface area contributed by atoms with Gasteiger partial charge in [0.15, 0.2) is 5.96 Å². The highest BCUT2D eigenvalue weighted by molar-refractivity contribution is 5.94. The van der Waals surface area contributed by atoms with Crippen LogP contribution in [0.2, 0.25) is 0 Å². The number of benzene rings is 2. The maximum atomic E-state index is 12.3.